The summed E-state index contributed by atoms with van der Waals surface area (Å²) in [5.41, 5.74) is 5.03. The summed E-state index contributed by atoms with van der Waals surface area (Å²) in [4.78, 5) is 0. The summed E-state index contributed by atoms with van der Waals surface area (Å²) in [5, 5.41) is 0. The van der Waals surface area contributed by atoms with E-state index in [9.17, 15) is 0 Å². The second kappa shape index (κ2) is 8.58. The number of aryl methyl sites for hydroxylation is 2. The maximum absolute atomic E-state index is 3.77. The molecule has 1 aromatic carbocycles. The Bertz CT molecular complexity index is 389. The summed E-state index contributed by atoms with van der Waals surface area (Å²) < 4.78 is 0. The van der Waals surface area contributed by atoms with Gasteiger partial charge in [0.05, 0.1) is 0 Å². The van der Waals surface area contributed by atoms with Crippen LogP contribution in [0.25, 0.3) is 0 Å². The number of rotatable bonds is 2. The molecule has 0 radical (unpaired) electrons. The molecule has 0 bridgehead atoms. The fourth-order valence-electron chi connectivity index (χ4n) is 1.51. The van der Waals surface area contributed by atoms with Crippen LogP contribution in [-0.4, -0.2) is 0 Å². The molecular weight excluding hydrogens is 204 g/mol. The van der Waals surface area contributed by atoms with E-state index in [0.29, 0.717) is 0 Å². The van der Waals surface area contributed by atoms with Crippen molar-refractivity contribution in [2.45, 2.75) is 34.6 Å². The summed E-state index contributed by atoms with van der Waals surface area (Å²) in [6.45, 7) is 14.0. The normalized spacial score (nSPS) is 11.0. The Kier molecular flexibility index (Phi) is 7.79. The molecule has 1 aromatic rings. The van der Waals surface area contributed by atoms with Gasteiger partial charge in [-0.1, -0.05) is 71.3 Å². The van der Waals surface area contributed by atoms with Crippen molar-refractivity contribution in [1.82, 2.24) is 0 Å². The minimum Gasteiger partial charge on any atom is -0.0961 e. The molecular formula is C17H24. The van der Waals surface area contributed by atoms with Crippen molar-refractivity contribution in [2.24, 2.45) is 0 Å². The molecule has 17 heavy (non-hydrogen) atoms. The van der Waals surface area contributed by atoms with E-state index in [4.69, 9.17) is 0 Å². The van der Waals surface area contributed by atoms with E-state index in [-0.39, 0.29) is 0 Å². The van der Waals surface area contributed by atoms with Crippen molar-refractivity contribution in [3.63, 3.8) is 0 Å². The van der Waals surface area contributed by atoms with Gasteiger partial charge in [0, 0.05) is 0 Å². The lowest BCUT2D eigenvalue weighted by molar-refractivity contribution is 1.39. The van der Waals surface area contributed by atoms with E-state index < -0.39 is 0 Å². The summed E-state index contributed by atoms with van der Waals surface area (Å²) in [6, 6.07) is 8.45. The van der Waals surface area contributed by atoms with E-state index in [1.165, 1.54) is 16.7 Å². The molecule has 0 aliphatic heterocycles. The lowest BCUT2D eigenvalue weighted by Crippen LogP contribution is -1.71. The number of allylic oxidation sites excluding steroid dienone is 5. The molecule has 0 fully saturated rings. The van der Waals surface area contributed by atoms with Crippen LogP contribution in [0.1, 0.15) is 31.9 Å². The Hall–Kier alpha value is -1.56. The van der Waals surface area contributed by atoms with E-state index >= 15 is 0 Å². The topological polar surface area (TPSA) is 0 Å². The molecule has 0 N–H and O–H groups in total. The molecule has 92 valence electrons. The largest absolute Gasteiger partial charge is 0.0961 e. The maximum Gasteiger partial charge on any atom is -0.0398 e. The molecule has 0 heteroatoms. The first-order chi connectivity index (χ1) is 7.95. The fraction of sp³-hybridized carbons (Fsp3) is 0.294. The fourth-order valence-corrected chi connectivity index (χ4v) is 1.51. The van der Waals surface area contributed by atoms with Crippen molar-refractivity contribution >= 4 is 0 Å². The summed E-state index contributed by atoms with van der Waals surface area (Å²) in [6.07, 6.45) is 6.14. The molecule has 0 saturated heterocycles. The van der Waals surface area contributed by atoms with Crippen LogP contribution < -0.4 is 0 Å². The molecule has 0 amide bonds. The molecule has 0 atom stereocenters. The zero-order chi connectivity index (χ0) is 13.3. The molecule has 0 unspecified atom stereocenters. The van der Waals surface area contributed by atoms with Gasteiger partial charge >= 0.3 is 0 Å². The molecule has 0 spiro atoms. The van der Waals surface area contributed by atoms with Crippen molar-refractivity contribution < 1.29 is 0 Å². The van der Waals surface area contributed by atoms with Gasteiger partial charge in [-0.25, -0.2) is 0 Å². The Balaban J connectivity index is 0.000000302. The molecule has 0 heterocycles. The van der Waals surface area contributed by atoms with Gasteiger partial charge in [-0.15, -0.1) is 0 Å². The first kappa shape index (κ1) is 15.4. The highest BCUT2D eigenvalue weighted by Crippen LogP contribution is 2.00. The average Bonchev–Trinajstić information content (AvgIpc) is 2.16. The van der Waals surface area contributed by atoms with Crippen LogP contribution >= 0.6 is 0 Å². The molecule has 0 aliphatic carbocycles. The first-order valence-corrected chi connectivity index (χ1v) is 5.95. The van der Waals surface area contributed by atoms with Gasteiger partial charge in [0.15, 0.2) is 0 Å². The van der Waals surface area contributed by atoms with Gasteiger partial charge in [-0.2, -0.15) is 0 Å². The summed E-state index contributed by atoms with van der Waals surface area (Å²) in [7, 11) is 0. The lowest BCUT2D eigenvalue weighted by atomic mass is 10.2. The third-order valence-corrected chi connectivity index (χ3v) is 2.08. The van der Waals surface area contributed by atoms with Gasteiger partial charge in [0.2, 0.25) is 0 Å². The minimum absolute atomic E-state index is 1.10. The van der Waals surface area contributed by atoms with Gasteiger partial charge in [0.25, 0.3) is 0 Å². The predicted octanol–water partition coefficient (Wildman–Crippen LogP) is 5.39. The van der Waals surface area contributed by atoms with Gasteiger partial charge in [-0.3, -0.25) is 0 Å². The third kappa shape index (κ3) is 9.37. The zero-order valence-corrected chi connectivity index (χ0v) is 11.7. The monoisotopic (exact) mass is 228 g/mol. The van der Waals surface area contributed by atoms with Crippen LogP contribution in [0, 0.1) is 13.8 Å². The van der Waals surface area contributed by atoms with Crippen molar-refractivity contribution in [3.05, 3.63) is 71.3 Å². The van der Waals surface area contributed by atoms with Crippen LogP contribution in [0.4, 0.5) is 0 Å². The highest BCUT2D eigenvalue weighted by atomic mass is 13.9. The maximum atomic E-state index is 3.77. The van der Waals surface area contributed by atoms with E-state index in [1.807, 2.05) is 19.9 Å². The van der Waals surface area contributed by atoms with Crippen LogP contribution in [0.2, 0.25) is 0 Å². The third-order valence-electron chi connectivity index (χ3n) is 2.08. The minimum atomic E-state index is 1.10. The average molecular weight is 228 g/mol. The number of benzene rings is 1. The number of hydrogen-bond donors (Lipinski definition) is 0. The van der Waals surface area contributed by atoms with Crippen LogP contribution in [-0.2, 0) is 0 Å². The molecule has 0 saturated carbocycles. The van der Waals surface area contributed by atoms with E-state index in [0.717, 1.165) is 5.57 Å². The van der Waals surface area contributed by atoms with E-state index in [2.05, 4.69) is 63.8 Å². The Morgan fingerprint density at radius 2 is 1.65 bits per heavy atom. The van der Waals surface area contributed by atoms with Crippen LogP contribution in [0.5, 0.6) is 0 Å². The molecule has 0 nitrogen and oxygen atoms in total. The standard InChI is InChI=1S/C9H14.C8H10/c1-5-6-9(4)7-8(2)3;1-7-4-3-5-8(2)6-7/h5-7H,2H2,1,3-4H3;3-6H,1-2H3/b6-5-,9-7-;. The van der Waals surface area contributed by atoms with E-state index in [1.54, 1.807) is 0 Å². The SMILES string of the molecule is C=C(C)/C=C(C)\C=C/C.Cc1cccc(C)c1. The lowest BCUT2D eigenvalue weighted by Gasteiger charge is -1.90. The highest BCUT2D eigenvalue weighted by Gasteiger charge is 1.80. The second-order valence-electron chi connectivity index (χ2n) is 4.39. The van der Waals surface area contributed by atoms with Gasteiger partial charge in [0.1, 0.15) is 0 Å². The quantitative estimate of drug-likeness (QED) is 0.595. The smallest absolute Gasteiger partial charge is 0.0398 e. The van der Waals surface area contributed by atoms with Crippen LogP contribution in [0.15, 0.2) is 60.2 Å². The second-order valence-corrected chi connectivity index (χ2v) is 4.39. The highest BCUT2D eigenvalue weighted by molar-refractivity contribution is 5.25. The first-order valence-electron chi connectivity index (χ1n) is 5.95. The summed E-state index contributed by atoms with van der Waals surface area (Å²) >= 11 is 0. The molecule has 0 aliphatic rings. The van der Waals surface area contributed by atoms with Gasteiger partial charge in [-0.05, 0) is 34.6 Å². The van der Waals surface area contributed by atoms with Crippen LogP contribution in [0.3, 0.4) is 0 Å². The summed E-state index contributed by atoms with van der Waals surface area (Å²) in [5.74, 6) is 0. The Morgan fingerprint density at radius 3 is 1.94 bits per heavy atom. The van der Waals surface area contributed by atoms with Crippen molar-refractivity contribution in [1.29, 1.82) is 0 Å². The number of hydrogen-bond acceptors (Lipinski definition) is 0. The Morgan fingerprint density at radius 1 is 1.12 bits per heavy atom. The van der Waals surface area contributed by atoms with Gasteiger partial charge < -0.3 is 0 Å². The molecule has 1 rings (SSSR count). The zero-order valence-electron chi connectivity index (χ0n) is 11.7. The Labute approximate surface area is 106 Å². The van der Waals surface area contributed by atoms with Crippen molar-refractivity contribution in [3.8, 4) is 0 Å². The molecule has 0 aromatic heterocycles. The predicted molar refractivity (Wildman–Crippen MR) is 79.3 cm³/mol. The van der Waals surface area contributed by atoms with Crippen molar-refractivity contribution in [2.75, 3.05) is 0 Å².